The number of nitrogens with one attached hydrogen (secondary N) is 2. The van der Waals surface area contributed by atoms with Crippen LogP contribution in [-0.4, -0.2) is 61.7 Å². The van der Waals surface area contributed by atoms with Crippen LogP contribution in [0.15, 0.2) is 42.5 Å². The molecule has 2 heterocycles. The van der Waals surface area contributed by atoms with E-state index in [4.69, 9.17) is 19.2 Å². The summed E-state index contributed by atoms with van der Waals surface area (Å²) in [6, 6.07) is 13.7. The fourth-order valence-electron chi connectivity index (χ4n) is 4.89. The lowest BCUT2D eigenvalue weighted by Crippen LogP contribution is -2.44. The number of rotatable bonds is 7. The SMILES string of the molecule is COC[C@@H]1CN(c2ccc3c(n2)CC[C@H](NC(=O)OCc2ccccc2)C3)C[C@@H]1NC(=O)OC(C)(C)C. The van der Waals surface area contributed by atoms with Gasteiger partial charge in [0, 0.05) is 37.9 Å². The minimum absolute atomic E-state index is 0.0173. The topological polar surface area (TPSA) is 102 Å². The van der Waals surface area contributed by atoms with Gasteiger partial charge in [-0.05, 0) is 57.2 Å². The smallest absolute Gasteiger partial charge is 0.407 e. The van der Waals surface area contributed by atoms with E-state index in [0.29, 0.717) is 13.2 Å². The minimum Gasteiger partial charge on any atom is -0.445 e. The number of hydrogen-bond donors (Lipinski definition) is 2. The van der Waals surface area contributed by atoms with Crippen molar-refractivity contribution in [3.63, 3.8) is 0 Å². The molecule has 0 unspecified atom stereocenters. The van der Waals surface area contributed by atoms with Crippen LogP contribution in [0.1, 0.15) is 44.0 Å². The first-order valence-corrected chi connectivity index (χ1v) is 12.9. The van der Waals surface area contributed by atoms with E-state index in [1.807, 2.05) is 57.2 Å². The Morgan fingerprint density at radius 3 is 2.57 bits per heavy atom. The van der Waals surface area contributed by atoms with Crippen molar-refractivity contribution in [3.8, 4) is 0 Å². The first kappa shape index (κ1) is 26.7. The molecule has 9 heteroatoms. The maximum atomic E-state index is 12.4. The van der Waals surface area contributed by atoms with Crippen LogP contribution in [0.5, 0.6) is 0 Å². The van der Waals surface area contributed by atoms with E-state index in [1.165, 1.54) is 0 Å². The van der Waals surface area contributed by atoms with Gasteiger partial charge in [0.05, 0.1) is 12.6 Å². The molecule has 2 aromatic rings. The van der Waals surface area contributed by atoms with E-state index in [-0.39, 0.29) is 24.6 Å². The molecule has 1 aliphatic carbocycles. The molecule has 0 radical (unpaired) electrons. The van der Waals surface area contributed by atoms with Crippen LogP contribution in [0.2, 0.25) is 0 Å². The zero-order valence-electron chi connectivity index (χ0n) is 22.2. The Balaban J connectivity index is 1.32. The predicted octanol–water partition coefficient (Wildman–Crippen LogP) is 3.84. The number of alkyl carbamates (subject to hydrolysis) is 2. The number of carbonyl (C=O) groups excluding carboxylic acids is 2. The molecule has 2 N–H and O–H groups in total. The van der Waals surface area contributed by atoms with Gasteiger partial charge < -0.3 is 29.7 Å². The number of amides is 2. The first-order valence-electron chi connectivity index (χ1n) is 12.9. The summed E-state index contributed by atoms with van der Waals surface area (Å²) in [5, 5.41) is 6.01. The second-order valence-electron chi connectivity index (χ2n) is 10.8. The number of aromatic nitrogens is 1. The van der Waals surface area contributed by atoms with Gasteiger partial charge in [0.1, 0.15) is 18.0 Å². The van der Waals surface area contributed by atoms with Crippen LogP contribution < -0.4 is 15.5 Å². The number of nitrogens with zero attached hydrogens (tertiary/aromatic N) is 2. The number of benzene rings is 1. The van der Waals surface area contributed by atoms with Gasteiger partial charge >= 0.3 is 12.2 Å². The highest BCUT2D eigenvalue weighted by Gasteiger charge is 2.36. The van der Waals surface area contributed by atoms with Crippen molar-refractivity contribution < 1.29 is 23.8 Å². The van der Waals surface area contributed by atoms with Crippen LogP contribution in [0, 0.1) is 5.92 Å². The summed E-state index contributed by atoms with van der Waals surface area (Å²) in [6.07, 6.45) is 1.49. The quantitative estimate of drug-likeness (QED) is 0.584. The Morgan fingerprint density at radius 1 is 1.05 bits per heavy atom. The second kappa shape index (κ2) is 11.8. The highest BCUT2D eigenvalue weighted by Crippen LogP contribution is 2.27. The lowest BCUT2D eigenvalue weighted by Gasteiger charge is -2.26. The van der Waals surface area contributed by atoms with Crippen LogP contribution in [0.4, 0.5) is 15.4 Å². The van der Waals surface area contributed by atoms with E-state index in [0.717, 1.165) is 48.4 Å². The molecule has 1 saturated heterocycles. The van der Waals surface area contributed by atoms with Gasteiger partial charge in [-0.25, -0.2) is 14.6 Å². The van der Waals surface area contributed by atoms with E-state index in [1.54, 1.807) is 7.11 Å². The monoisotopic (exact) mass is 510 g/mol. The van der Waals surface area contributed by atoms with Gasteiger partial charge in [-0.15, -0.1) is 0 Å². The number of aryl methyl sites for hydroxylation is 1. The molecular formula is C28H38N4O5. The minimum atomic E-state index is -0.551. The number of anilines is 1. The van der Waals surface area contributed by atoms with Gasteiger partial charge in [-0.3, -0.25) is 0 Å². The molecule has 0 bridgehead atoms. The lowest BCUT2D eigenvalue weighted by atomic mass is 9.92. The zero-order chi connectivity index (χ0) is 26.4. The summed E-state index contributed by atoms with van der Waals surface area (Å²) in [5.41, 5.74) is 2.60. The number of ether oxygens (including phenoxy) is 3. The Hall–Kier alpha value is -3.33. The third-order valence-electron chi connectivity index (χ3n) is 6.63. The summed E-state index contributed by atoms with van der Waals surface area (Å²) in [6.45, 7) is 7.72. The summed E-state index contributed by atoms with van der Waals surface area (Å²) in [5.74, 6) is 1.02. The predicted molar refractivity (Wildman–Crippen MR) is 141 cm³/mol. The van der Waals surface area contributed by atoms with Crippen molar-refractivity contribution in [2.75, 3.05) is 31.7 Å². The normalized spacial score (nSPS) is 21.2. The van der Waals surface area contributed by atoms with Crippen molar-refractivity contribution in [1.82, 2.24) is 15.6 Å². The van der Waals surface area contributed by atoms with Crippen LogP contribution in [0.3, 0.4) is 0 Å². The van der Waals surface area contributed by atoms with E-state index in [2.05, 4.69) is 21.6 Å². The maximum Gasteiger partial charge on any atom is 0.407 e. The number of hydrogen-bond acceptors (Lipinski definition) is 7. The van der Waals surface area contributed by atoms with Crippen LogP contribution in [0.25, 0.3) is 0 Å². The van der Waals surface area contributed by atoms with Crippen LogP contribution in [-0.2, 0) is 33.7 Å². The Morgan fingerprint density at radius 2 is 1.84 bits per heavy atom. The molecule has 9 nitrogen and oxygen atoms in total. The Bertz CT molecular complexity index is 1070. The summed E-state index contributed by atoms with van der Waals surface area (Å²) >= 11 is 0. The van der Waals surface area contributed by atoms with Crippen molar-refractivity contribution in [2.24, 2.45) is 5.92 Å². The number of pyridine rings is 1. The molecular weight excluding hydrogens is 472 g/mol. The van der Waals surface area contributed by atoms with Crippen LogP contribution >= 0.6 is 0 Å². The van der Waals surface area contributed by atoms with E-state index in [9.17, 15) is 9.59 Å². The fourth-order valence-corrected chi connectivity index (χ4v) is 4.89. The number of fused-ring (bicyclic) bond motifs is 1. The first-order chi connectivity index (χ1) is 17.7. The molecule has 4 rings (SSSR count). The molecule has 200 valence electrons. The van der Waals surface area contributed by atoms with Crippen molar-refractivity contribution >= 4 is 18.0 Å². The Kier molecular flexibility index (Phi) is 8.53. The molecule has 1 fully saturated rings. The van der Waals surface area contributed by atoms with Gasteiger partial charge in [-0.2, -0.15) is 0 Å². The van der Waals surface area contributed by atoms with Gasteiger partial charge in [0.15, 0.2) is 0 Å². The molecule has 1 aliphatic heterocycles. The van der Waals surface area contributed by atoms with Crippen molar-refractivity contribution in [1.29, 1.82) is 0 Å². The molecule has 0 saturated carbocycles. The average molecular weight is 511 g/mol. The number of methoxy groups -OCH3 is 1. The maximum absolute atomic E-state index is 12.4. The summed E-state index contributed by atoms with van der Waals surface area (Å²) in [4.78, 5) is 31.8. The fraction of sp³-hybridized carbons (Fsp3) is 0.536. The molecule has 3 atom stereocenters. The van der Waals surface area contributed by atoms with Gasteiger partial charge in [-0.1, -0.05) is 36.4 Å². The highest BCUT2D eigenvalue weighted by molar-refractivity contribution is 5.68. The van der Waals surface area contributed by atoms with Gasteiger partial charge in [0.2, 0.25) is 0 Å². The highest BCUT2D eigenvalue weighted by atomic mass is 16.6. The molecule has 37 heavy (non-hydrogen) atoms. The average Bonchev–Trinajstić information content (AvgIpc) is 3.24. The third kappa shape index (κ3) is 7.58. The molecule has 0 spiro atoms. The van der Waals surface area contributed by atoms with Crippen molar-refractivity contribution in [3.05, 3.63) is 59.3 Å². The number of carbonyl (C=O) groups is 2. The van der Waals surface area contributed by atoms with Crippen molar-refractivity contribution in [2.45, 2.75) is 64.3 Å². The largest absolute Gasteiger partial charge is 0.445 e. The van der Waals surface area contributed by atoms with Gasteiger partial charge in [0.25, 0.3) is 0 Å². The van der Waals surface area contributed by atoms with E-state index < -0.39 is 17.8 Å². The molecule has 2 amide bonds. The second-order valence-corrected chi connectivity index (χ2v) is 10.8. The standard InChI is InChI=1S/C28H38N4O5/c1-28(2,3)37-27(34)31-24-16-32(15-21(24)18-35-4)25-13-10-20-14-22(11-12-23(20)30-25)29-26(33)36-17-19-8-6-5-7-9-19/h5-10,13,21-22,24H,11-12,14-18H2,1-4H3,(H,29,33)(H,31,34)/t21-,22-,24-/m0/s1. The van der Waals surface area contributed by atoms with E-state index >= 15 is 0 Å². The summed E-state index contributed by atoms with van der Waals surface area (Å²) < 4.78 is 16.2. The lowest BCUT2D eigenvalue weighted by molar-refractivity contribution is 0.0480. The third-order valence-corrected chi connectivity index (χ3v) is 6.63. The Labute approximate surface area is 218 Å². The molecule has 1 aromatic carbocycles. The molecule has 2 aliphatic rings. The zero-order valence-corrected chi connectivity index (χ0v) is 22.2. The molecule has 1 aromatic heterocycles. The summed E-state index contributed by atoms with van der Waals surface area (Å²) in [7, 11) is 1.67.